The predicted molar refractivity (Wildman–Crippen MR) is 179 cm³/mol. The number of fused-ring (bicyclic) bond motifs is 1. The van der Waals surface area contributed by atoms with E-state index in [4.69, 9.17) is 4.74 Å². The summed E-state index contributed by atoms with van der Waals surface area (Å²) in [7, 11) is 0. The fourth-order valence-electron chi connectivity index (χ4n) is 7.55. The van der Waals surface area contributed by atoms with E-state index in [1.165, 1.54) is 0 Å². The molecular formula is C36H45N3O5S. The van der Waals surface area contributed by atoms with Crippen LogP contribution < -0.4 is 9.64 Å². The van der Waals surface area contributed by atoms with Crippen molar-refractivity contribution >= 4 is 35.2 Å². The number of amides is 3. The number of likely N-dealkylation sites (tertiary alicyclic amines) is 1. The van der Waals surface area contributed by atoms with Gasteiger partial charge < -0.3 is 24.5 Å². The van der Waals surface area contributed by atoms with Crippen LogP contribution in [0.4, 0.5) is 5.69 Å². The Bertz CT molecular complexity index is 1400. The SMILES string of the molecule is C=CCN(C(=O)[C@@H]1[C@H]2C(=O)N([C@@H](CO)Cc3ccccc3)C(C(=O)N(CC=C)C(C)C)C23CC[C@H]1S3)c1ccc(OCC)cc1. The number of hydrogen-bond donors (Lipinski definition) is 1. The molecule has 3 heterocycles. The lowest BCUT2D eigenvalue weighted by molar-refractivity contribution is -0.146. The zero-order chi connectivity index (χ0) is 32.3. The summed E-state index contributed by atoms with van der Waals surface area (Å²) in [6.45, 7) is 14.5. The first kappa shape index (κ1) is 32.8. The second-order valence-electron chi connectivity index (χ2n) is 12.4. The number of nitrogens with zero attached hydrogens (tertiary/aromatic N) is 3. The van der Waals surface area contributed by atoms with Crippen LogP contribution in [0.15, 0.2) is 79.9 Å². The third-order valence-corrected chi connectivity index (χ3v) is 11.4. The van der Waals surface area contributed by atoms with Gasteiger partial charge in [0.25, 0.3) is 0 Å². The van der Waals surface area contributed by atoms with Crippen LogP contribution in [0.2, 0.25) is 0 Å². The Kier molecular flexibility index (Phi) is 10.1. The molecule has 0 radical (unpaired) electrons. The first-order valence-corrected chi connectivity index (χ1v) is 16.8. The molecule has 1 N–H and O–H groups in total. The minimum absolute atomic E-state index is 0.0903. The van der Waals surface area contributed by atoms with E-state index in [0.717, 1.165) is 12.0 Å². The molecule has 2 aromatic carbocycles. The first-order chi connectivity index (χ1) is 21.7. The quantitative estimate of drug-likeness (QED) is 0.304. The number of rotatable bonds is 14. The Hall–Kier alpha value is -3.56. The molecule has 8 nitrogen and oxygen atoms in total. The number of thioether (sulfide) groups is 1. The van der Waals surface area contributed by atoms with Gasteiger partial charge in [0, 0.05) is 30.1 Å². The van der Waals surface area contributed by atoms with E-state index in [9.17, 15) is 19.5 Å². The van der Waals surface area contributed by atoms with Gasteiger partial charge in [0.15, 0.2) is 0 Å². The van der Waals surface area contributed by atoms with Crippen LogP contribution in [-0.2, 0) is 20.8 Å². The molecule has 6 atom stereocenters. The summed E-state index contributed by atoms with van der Waals surface area (Å²) in [5.41, 5.74) is 1.67. The van der Waals surface area contributed by atoms with Gasteiger partial charge in [-0.25, -0.2) is 0 Å². The van der Waals surface area contributed by atoms with E-state index in [1.807, 2.05) is 75.4 Å². The van der Waals surface area contributed by atoms with Crippen LogP contribution in [0, 0.1) is 11.8 Å². The zero-order valence-electron chi connectivity index (χ0n) is 26.5. The molecule has 240 valence electrons. The van der Waals surface area contributed by atoms with Crippen LogP contribution in [0.1, 0.15) is 39.2 Å². The van der Waals surface area contributed by atoms with Crippen molar-refractivity contribution in [1.29, 1.82) is 0 Å². The highest BCUT2D eigenvalue weighted by atomic mass is 32.2. The average Bonchev–Trinajstić information content (AvgIpc) is 3.69. The molecule has 45 heavy (non-hydrogen) atoms. The van der Waals surface area contributed by atoms with Gasteiger partial charge in [0.05, 0.1) is 35.8 Å². The van der Waals surface area contributed by atoms with E-state index in [0.29, 0.717) is 37.4 Å². The van der Waals surface area contributed by atoms with E-state index in [1.54, 1.807) is 38.6 Å². The van der Waals surface area contributed by atoms with E-state index >= 15 is 0 Å². The molecule has 1 spiro atoms. The summed E-state index contributed by atoms with van der Waals surface area (Å²) in [6.07, 6.45) is 5.19. The van der Waals surface area contributed by atoms with Crippen molar-refractivity contribution < 1.29 is 24.2 Å². The van der Waals surface area contributed by atoms with Crippen molar-refractivity contribution in [3.05, 3.63) is 85.5 Å². The van der Waals surface area contributed by atoms with Gasteiger partial charge in [-0.2, -0.15) is 0 Å². The molecule has 2 aromatic rings. The van der Waals surface area contributed by atoms with Gasteiger partial charge in [-0.1, -0.05) is 42.5 Å². The highest BCUT2D eigenvalue weighted by Gasteiger charge is 2.74. The fourth-order valence-corrected chi connectivity index (χ4v) is 9.75. The highest BCUT2D eigenvalue weighted by Crippen LogP contribution is 2.67. The van der Waals surface area contributed by atoms with Crippen LogP contribution in [-0.4, -0.2) is 87.1 Å². The number of aliphatic hydroxyl groups excluding tert-OH is 1. The summed E-state index contributed by atoms with van der Waals surface area (Å²) in [5, 5.41) is 10.7. The van der Waals surface area contributed by atoms with Crippen LogP contribution in [0.25, 0.3) is 0 Å². The third-order valence-electron chi connectivity index (χ3n) is 9.44. The van der Waals surface area contributed by atoms with E-state index in [2.05, 4.69) is 13.2 Å². The lowest BCUT2D eigenvalue weighted by atomic mass is 9.70. The normalized spacial score (nSPS) is 25.6. The number of anilines is 1. The summed E-state index contributed by atoms with van der Waals surface area (Å²) in [4.78, 5) is 49.1. The lowest BCUT2D eigenvalue weighted by Crippen LogP contribution is -2.59. The Labute approximate surface area is 271 Å². The smallest absolute Gasteiger partial charge is 0.247 e. The minimum atomic E-state index is -0.802. The maximum atomic E-state index is 14.8. The molecule has 3 aliphatic heterocycles. The summed E-state index contributed by atoms with van der Waals surface area (Å²) in [5.74, 6) is -1.08. The Balaban J connectivity index is 1.56. The molecule has 2 bridgehead atoms. The third kappa shape index (κ3) is 5.92. The van der Waals surface area contributed by atoms with Gasteiger partial charge in [0.1, 0.15) is 11.8 Å². The summed E-state index contributed by atoms with van der Waals surface area (Å²) < 4.78 is 4.84. The topological polar surface area (TPSA) is 90.4 Å². The number of aliphatic hydroxyl groups is 1. The summed E-state index contributed by atoms with van der Waals surface area (Å²) in [6, 6.07) is 15.6. The molecule has 2 unspecified atom stereocenters. The molecule has 5 rings (SSSR count). The molecular weight excluding hydrogens is 586 g/mol. The number of carbonyl (C=O) groups excluding carboxylic acids is 3. The van der Waals surface area contributed by atoms with Gasteiger partial charge in [-0.15, -0.1) is 24.9 Å². The van der Waals surface area contributed by atoms with E-state index in [-0.39, 0.29) is 42.2 Å². The highest BCUT2D eigenvalue weighted by molar-refractivity contribution is 8.02. The van der Waals surface area contributed by atoms with Crippen molar-refractivity contribution in [2.45, 2.75) is 68.2 Å². The van der Waals surface area contributed by atoms with Crippen molar-refractivity contribution in [2.75, 3.05) is 31.2 Å². The number of carbonyl (C=O) groups is 3. The van der Waals surface area contributed by atoms with Gasteiger partial charge in [-0.05, 0) is 69.9 Å². The molecule has 3 amide bonds. The van der Waals surface area contributed by atoms with Crippen molar-refractivity contribution in [2.24, 2.45) is 11.8 Å². The lowest BCUT2D eigenvalue weighted by Gasteiger charge is -2.40. The molecule has 3 saturated heterocycles. The summed E-state index contributed by atoms with van der Waals surface area (Å²) >= 11 is 1.64. The monoisotopic (exact) mass is 631 g/mol. The molecule has 0 aliphatic carbocycles. The fraction of sp³-hybridized carbons (Fsp3) is 0.472. The minimum Gasteiger partial charge on any atom is -0.494 e. The van der Waals surface area contributed by atoms with Crippen LogP contribution >= 0.6 is 11.8 Å². The Morgan fingerprint density at radius 3 is 2.38 bits per heavy atom. The standard InChI is InChI=1S/C36H45N3O5S/c1-6-20-37(24(4)5)35(43)32-36-19-18-29(45-36)30(33(41)38(21-7-2)26-14-16-28(17-15-26)44-8-3)31(36)34(42)39(32)27(23-40)22-25-12-10-9-11-13-25/h6-7,9-17,24,27,29-32,40H,1-2,8,18-23H2,3-5H3/t27-,29-,30+,31+,32?,36?/m1/s1. The maximum Gasteiger partial charge on any atom is 0.247 e. The average molecular weight is 632 g/mol. The Morgan fingerprint density at radius 1 is 1.09 bits per heavy atom. The molecule has 0 aromatic heterocycles. The molecule has 9 heteroatoms. The second-order valence-corrected chi connectivity index (χ2v) is 14.0. The Morgan fingerprint density at radius 2 is 1.78 bits per heavy atom. The van der Waals surface area contributed by atoms with Gasteiger partial charge in [-0.3, -0.25) is 14.4 Å². The van der Waals surface area contributed by atoms with Crippen molar-refractivity contribution in [3.8, 4) is 5.75 Å². The maximum absolute atomic E-state index is 14.8. The molecule has 3 aliphatic rings. The molecule has 3 fully saturated rings. The second kappa shape index (κ2) is 13.8. The van der Waals surface area contributed by atoms with Gasteiger partial charge in [0.2, 0.25) is 17.7 Å². The number of ether oxygens (including phenoxy) is 1. The predicted octanol–water partition coefficient (Wildman–Crippen LogP) is 4.72. The zero-order valence-corrected chi connectivity index (χ0v) is 27.3. The largest absolute Gasteiger partial charge is 0.494 e. The van der Waals surface area contributed by atoms with Crippen LogP contribution in [0.3, 0.4) is 0 Å². The van der Waals surface area contributed by atoms with Crippen molar-refractivity contribution in [1.82, 2.24) is 9.80 Å². The number of benzene rings is 2. The van der Waals surface area contributed by atoms with Gasteiger partial charge >= 0.3 is 0 Å². The van der Waals surface area contributed by atoms with Crippen LogP contribution in [0.5, 0.6) is 5.75 Å². The number of hydrogen-bond acceptors (Lipinski definition) is 6. The molecule has 0 saturated carbocycles. The van der Waals surface area contributed by atoms with E-state index < -0.39 is 28.7 Å². The first-order valence-electron chi connectivity index (χ1n) is 15.9. The van der Waals surface area contributed by atoms with Crippen molar-refractivity contribution in [3.63, 3.8) is 0 Å².